The van der Waals surface area contributed by atoms with Crippen LogP contribution < -0.4 is 5.32 Å². The van der Waals surface area contributed by atoms with Gasteiger partial charge in [-0.25, -0.2) is 0 Å². The van der Waals surface area contributed by atoms with Crippen LogP contribution in [-0.4, -0.2) is 35.2 Å². The molecule has 3 unspecified atom stereocenters. The molecular formula is C23H34N2O3. The van der Waals surface area contributed by atoms with E-state index < -0.39 is 0 Å². The number of carbonyl (C=O) groups excluding carboxylic acids is 3. The summed E-state index contributed by atoms with van der Waals surface area (Å²) < 4.78 is 0. The zero-order valence-corrected chi connectivity index (χ0v) is 17.1. The van der Waals surface area contributed by atoms with Crippen molar-refractivity contribution in [1.82, 2.24) is 10.2 Å². The normalized spacial score (nSPS) is 42.6. The number of fused-ring (bicyclic) bond motifs is 1. The SMILES string of the molecule is CC(NC(=O)CCN1C(=O)C2CCCCC2C1=O)C12CC3CC(CC(C3)C1)C2. The van der Waals surface area contributed by atoms with E-state index in [-0.39, 0.29) is 48.6 Å². The van der Waals surface area contributed by atoms with Crippen LogP contribution in [0.25, 0.3) is 0 Å². The summed E-state index contributed by atoms with van der Waals surface area (Å²) in [5, 5.41) is 3.27. The molecule has 6 fully saturated rings. The monoisotopic (exact) mass is 386 g/mol. The van der Waals surface area contributed by atoms with Crippen molar-refractivity contribution in [1.29, 1.82) is 0 Å². The minimum Gasteiger partial charge on any atom is -0.353 e. The molecule has 0 spiro atoms. The van der Waals surface area contributed by atoms with Gasteiger partial charge in [-0.3, -0.25) is 19.3 Å². The van der Waals surface area contributed by atoms with Crippen LogP contribution in [0.4, 0.5) is 0 Å². The zero-order valence-electron chi connectivity index (χ0n) is 17.1. The Bertz CT molecular complexity index is 628. The minimum absolute atomic E-state index is 0.00119. The second-order valence-corrected chi connectivity index (χ2v) is 10.6. The van der Waals surface area contributed by atoms with Gasteiger partial charge in [0.25, 0.3) is 0 Å². The first-order chi connectivity index (χ1) is 13.4. The molecule has 0 aromatic carbocycles. The van der Waals surface area contributed by atoms with Crippen LogP contribution in [0.15, 0.2) is 0 Å². The van der Waals surface area contributed by atoms with Crippen molar-refractivity contribution in [2.24, 2.45) is 35.0 Å². The van der Waals surface area contributed by atoms with Gasteiger partial charge in [0.05, 0.1) is 11.8 Å². The number of carbonyl (C=O) groups is 3. The summed E-state index contributed by atoms with van der Waals surface area (Å²) in [6.45, 7) is 2.44. The second kappa shape index (κ2) is 6.84. The number of rotatable bonds is 5. The van der Waals surface area contributed by atoms with E-state index in [2.05, 4.69) is 12.2 Å². The fraction of sp³-hybridized carbons (Fsp3) is 0.870. The summed E-state index contributed by atoms with van der Waals surface area (Å²) in [4.78, 5) is 39.2. The van der Waals surface area contributed by atoms with Crippen molar-refractivity contribution in [3.8, 4) is 0 Å². The van der Waals surface area contributed by atoms with Crippen LogP contribution in [0.2, 0.25) is 0 Å². The van der Waals surface area contributed by atoms with Crippen LogP contribution >= 0.6 is 0 Å². The predicted octanol–water partition coefficient (Wildman–Crippen LogP) is 3.27. The molecule has 0 aromatic heterocycles. The van der Waals surface area contributed by atoms with Crippen LogP contribution in [-0.2, 0) is 14.4 Å². The molecule has 5 nitrogen and oxygen atoms in total. The highest BCUT2D eigenvalue weighted by Gasteiger charge is 2.53. The number of nitrogens with zero attached hydrogens (tertiary/aromatic N) is 1. The highest BCUT2D eigenvalue weighted by molar-refractivity contribution is 6.05. The Balaban J connectivity index is 1.17. The van der Waals surface area contributed by atoms with E-state index in [0.29, 0.717) is 5.41 Å². The van der Waals surface area contributed by atoms with E-state index in [9.17, 15) is 14.4 Å². The van der Waals surface area contributed by atoms with Gasteiger partial charge >= 0.3 is 0 Å². The summed E-state index contributed by atoms with van der Waals surface area (Å²) in [7, 11) is 0. The molecule has 154 valence electrons. The largest absolute Gasteiger partial charge is 0.353 e. The van der Waals surface area contributed by atoms with E-state index in [1.807, 2.05) is 0 Å². The average Bonchev–Trinajstić information content (AvgIpc) is 2.90. The van der Waals surface area contributed by atoms with Crippen molar-refractivity contribution in [3.63, 3.8) is 0 Å². The molecule has 1 aliphatic heterocycles. The highest BCUT2D eigenvalue weighted by Crippen LogP contribution is 2.61. The van der Waals surface area contributed by atoms with Gasteiger partial charge in [0, 0.05) is 19.0 Å². The Hall–Kier alpha value is -1.39. The topological polar surface area (TPSA) is 66.5 Å². The van der Waals surface area contributed by atoms with E-state index in [0.717, 1.165) is 43.4 Å². The molecule has 6 rings (SSSR count). The number of imide groups is 1. The Morgan fingerprint density at radius 3 is 2.00 bits per heavy atom. The number of hydrogen-bond acceptors (Lipinski definition) is 3. The quantitative estimate of drug-likeness (QED) is 0.738. The van der Waals surface area contributed by atoms with Gasteiger partial charge in [0.15, 0.2) is 0 Å². The second-order valence-electron chi connectivity index (χ2n) is 10.6. The van der Waals surface area contributed by atoms with Crippen molar-refractivity contribution in [2.75, 3.05) is 6.54 Å². The summed E-state index contributed by atoms with van der Waals surface area (Å²) in [6.07, 6.45) is 12.0. The molecule has 5 saturated carbocycles. The van der Waals surface area contributed by atoms with Gasteiger partial charge in [-0.05, 0) is 81.5 Å². The standard InChI is InChI=1S/C23H34N2O3/c1-14(23-11-15-8-16(12-23)10-17(9-15)13-23)24-20(26)6-7-25-21(27)18-4-2-3-5-19(18)22(25)28/h14-19H,2-13H2,1H3,(H,24,26). The molecule has 1 saturated heterocycles. The molecule has 0 aromatic rings. The maximum absolute atomic E-state index is 12.7. The van der Waals surface area contributed by atoms with Crippen molar-refractivity contribution >= 4 is 17.7 Å². The summed E-state index contributed by atoms with van der Waals surface area (Å²) in [5.41, 5.74) is 0.290. The fourth-order valence-electron chi connectivity index (χ4n) is 7.84. The van der Waals surface area contributed by atoms with Crippen LogP contribution in [0.1, 0.15) is 77.6 Å². The smallest absolute Gasteiger partial charge is 0.233 e. The highest BCUT2D eigenvalue weighted by atomic mass is 16.2. The molecule has 0 radical (unpaired) electrons. The van der Waals surface area contributed by atoms with Gasteiger partial charge < -0.3 is 5.32 Å². The average molecular weight is 387 g/mol. The van der Waals surface area contributed by atoms with Gasteiger partial charge in [-0.1, -0.05) is 12.8 Å². The maximum atomic E-state index is 12.7. The van der Waals surface area contributed by atoms with Gasteiger partial charge in [-0.2, -0.15) is 0 Å². The van der Waals surface area contributed by atoms with E-state index in [1.165, 1.54) is 43.4 Å². The molecule has 4 bridgehead atoms. The molecule has 1 N–H and O–H groups in total. The zero-order chi connectivity index (χ0) is 19.5. The third-order valence-electron chi connectivity index (χ3n) is 8.88. The van der Waals surface area contributed by atoms with Crippen molar-refractivity contribution in [2.45, 2.75) is 83.6 Å². The predicted molar refractivity (Wildman–Crippen MR) is 105 cm³/mol. The molecule has 5 aliphatic carbocycles. The summed E-state index contributed by atoms with van der Waals surface area (Å²) >= 11 is 0. The maximum Gasteiger partial charge on any atom is 0.233 e. The lowest BCUT2D eigenvalue weighted by atomic mass is 9.48. The Labute approximate surface area is 168 Å². The van der Waals surface area contributed by atoms with E-state index >= 15 is 0 Å². The Morgan fingerprint density at radius 1 is 1.00 bits per heavy atom. The molecule has 3 atom stereocenters. The van der Waals surface area contributed by atoms with Gasteiger partial charge in [0.1, 0.15) is 0 Å². The first-order valence-electron chi connectivity index (χ1n) is 11.6. The fourth-order valence-corrected chi connectivity index (χ4v) is 7.84. The minimum atomic E-state index is -0.116. The number of nitrogens with one attached hydrogen (secondary N) is 1. The summed E-state index contributed by atoms with van der Waals surface area (Å²) in [5.74, 6) is 2.31. The van der Waals surface area contributed by atoms with E-state index in [1.54, 1.807) is 0 Å². The summed E-state index contributed by atoms with van der Waals surface area (Å²) in [6, 6.07) is 0.195. The van der Waals surface area contributed by atoms with Gasteiger partial charge in [0.2, 0.25) is 17.7 Å². The lowest BCUT2D eigenvalue weighted by molar-refractivity contribution is -0.140. The first kappa shape index (κ1) is 18.6. The Morgan fingerprint density at radius 2 is 1.50 bits per heavy atom. The van der Waals surface area contributed by atoms with Crippen LogP contribution in [0.5, 0.6) is 0 Å². The number of amides is 3. The molecule has 3 amide bonds. The van der Waals surface area contributed by atoms with Crippen molar-refractivity contribution in [3.05, 3.63) is 0 Å². The molecule has 28 heavy (non-hydrogen) atoms. The lowest BCUT2D eigenvalue weighted by Crippen LogP contribution is -2.56. The first-order valence-corrected chi connectivity index (χ1v) is 11.6. The molecular weight excluding hydrogens is 352 g/mol. The Kier molecular flexibility index (Phi) is 4.55. The lowest BCUT2D eigenvalue weighted by Gasteiger charge is -2.59. The molecule has 6 aliphatic rings. The third kappa shape index (κ3) is 3.00. The molecule has 5 heteroatoms. The number of hydrogen-bond donors (Lipinski definition) is 1. The third-order valence-corrected chi connectivity index (χ3v) is 8.88. The number of likely N-dealkylation sites (tertiary alicyclic amines) is 1. The van der Waals surface area contributed by atoms with Crippen LogP contribution in [0.3, 0.4) is 0 Å². The van der Waals surface area contributed by atoms with Crippen molar-refractivity contribution < 1.29 is 14.4 Å². The van der Waals surface area contributed by atoms with E-state index in [4.69, 9.17) is 0 Å². The van der Waals surface area contributed by atoms with Gasteiger partial charge in [-0.15, -0.1) is 0 Å². The van der Waals surface area contributed by atoms with Crippen LogP contribution in [0, 0.1) is 35.0 Å². The molecule has 1 heterocycles.